The van der Waals surface area contributed by atoms with Crippen molar-refractivity contribution >= 4 is 11.8 Å². The third kappa shape index (κ3) is 3.15. The first kappa shape index (κ1) is 11.3. The summed E-state index contributed by atoms with van der Waals surface area (Å²) in [5.74, 6) is 1.26. The average Bonchev–Trinajstić information content (AvgIpc) is 2.09. The van der Waals surface area contributed by atoms with Crippen LogP contribution in [0.1, 0.15) is 13.8 Å². The van der Waals surface area contributed by atoms with Gasteiger partial charge in [-0.2, -0.15) is 11.8 Å². The van der Waals surface area contributed by atoms with Gasteiger partial charge in [-0.1, -0.05) is 0 Å². The summed E-state index contributed by atoms with van der Waals surface area (Å²) in [6.45, 7) is 8.36. The maximum atomic E-state index is 2.61. The Labute approximate surface area is 86.7 Å². The topological polar surface area (TPSA) is 6.48 Å². The summed E-state index contributed by atoms with van der Waals surface area (Å²) in [5.41, 5.74) is 0. The quantitative estimate of drug-likeness (QED) is 0.682. The summed E-state index contributed by atoms with van der Waals surface area (Å²) in [7, 11) is 2.23. The second-order valence-electron chi connectivity index (χ2n) is 4.13. The fraction of sp³-hybridized carbons (Fsp3) is 1.00. The number of hydrogen-bond acceptors (Lipinski definition) is 3. The molecular formula is C10H22N2S. The molecule has 0 aromatic carbocycles. The van der Waals surface area contributed by atoms with Gasteiger partial charge >= 0.3 is 0 Å². The number of hydrogen-bond donors (Lipinski definition) is 0. The van der Waals surface area contributed by atoms with E-state index in [1.807, 2.05) is 11.8 Å². The molecular weight excluding hydrogens is 180 g/mol. The lowest BCUT2D eigenvalue weighted by Crippen LogP contribution is -2.55. The van der Waals surface area contributed by atoms with Gasteiger partial charge in [0.2, 0.25) is 0 Å². The van der Waals surface area contributed by atoms with Gasteiger partial charge in [-0.3, -0.25) is 4.90 Å². The van der Waals surface area contributed by atoms with Gasteiger partial charge in [0, 0.05) is 37.5 Å². The second kappa shape index (κ2) is 5.23. The molecule has 0 amide bonds. The number of thioether (sulfide) groups is 1. The number of nitrogens with zero attached hydrogens (tertiary/aromatic N) is 2. The van der Waals surface area contributed by atoms with Crippen molar-refractivity contribution in [1.82, 2.24) is 9.80 Å². The second-order valence-corrected chi connectivity index (χ2v) is 5.11. The lowest BCUT2D eigenvalue weighted by Gasteiger charge is -2.42. The van der Waals surface area contributed by atoms with E-state index in [9.17, 15) is 0 Å². The van der Waals surface area contributed by atoms with Crippen LogP contribution in [0.15, 0.2) is 0 Å². The van der Waals surface area contributed by atoms with Crippen molar-refractivity contribution in [3.05, 3.63) is 0 Å². The van der Waals surface area contributed by atoms with Gasteiger partial charge < -0.3 is 4.90 Å². The van der Waals surface area contributed by atoms with E-state index in [1.165, 1.54) is 25.4 Å². The molecule has 0 aromatic heterocycles. The molecule has 2 nitrogen and oxygen atoms in total. The van der Waals surface area contributed by atoms with Crippen LogP contribution in [0, 0.1) is 0 Å². The number of rotatable bonds is 3. The highest BCUT2D eigenvalue weighted by atomic mass is 32.2. The third-order valence-electron chi connectivity index (χ3n) is 3.01. The molecule has 0 aliphatic carbocycles. The molecule has 1 saturated heterocycles. The molecule has 0 spiro atoms. The van der Waals surface area contributed by atoms with Crippen molar-refractivity contribution in [3.8, 4) is 0 Å². The van der Waals surface area contributed by atoms with Crippen LogP contribution in [0.2, 0.25) is 0 Å². The maximum Gasteiger partial charge on any atom is 0.0195 e. The fourth-order valence-electron chi connectivity index (χ4n) is 1.89. The number of likely N-dealkylation sites (N-methyl/N-ethyl adjacent to an activating group) is 1. The monoisotopic (exact) mass is 202 g/mol. The van der Waals surface area contributed by atoms with Crippen molar-refractivity contribution in [2.24, 2.45) is 0 Å². The van der Waals surface area contributed by atoms with Crippen LogP contribution in [0.5, 0.6) is 0 Å². The highest BCUT2D eigenvalue weighted by Crippen LogP contribution is 2.13. The third-order valence-corrected chi connectivity index (χ3v) is 3.60. The predicted octanol–water partition coefficient (Wildman–Crippen LogP) is 1.37. The van der Waals surface area contributed by atoms with Gasteiger partial charge in [-0.05, 0) is 27.2 Å². The minimum absolute atomic E-state index is 0.720. The zero-order chi connectivity index (χ0) is 9.84. The Morgan fingerprint density at radius 2 is 1.92 bits per heavy atom. The standard InChI is InChI=1S/C10H22N2S/c1-9-8-12(5-6-13-4)10(2)7-11(9)3/h9-10H,5-8H2,1-4H3. The predicted molar refractivity (Wildman–Crippen MR) is 61.5 cm³/mol. The molecule has 1 aliphatic heterocycles. The zero-order valence-electron chi connectivity index (χ0n) is 9.29. The molecule has 0 radical (unpaired) electrons. The van der Waals surface area contributed by atoms with Crippen molar-refractivity contribution in [2.45, 2.75) is 25.9 Å². The molecule has 0 saturated carbocycles. The van der Waals surface area contributed by atoms with Gasteiger partial charge in [-0.15, -0.1) is 0 Å². The Hall–Kier alpha value is 0.270. The molecule has 3 heteroatoms. The zero-order valence-corrected chi connectivity index (χ0v) is 10.1. The molecule has 1 rings (SSSR count). The van der Waals surface area contributed by atoms with Gasteiger partial charge in [0.15, 0.2) is 0 Å². The summed E-state index contributed by atoms with van der Waals surface area (Å²) < 4.78 is 0. The summed E-state index contributed by atoms with van der Waals surface area (Å²) >= 11 is 1.94. The van der Waals surface area contributed by atoms with E-state index in [0.29, 0.717) is 0 Å². The smallest absolute Gasteiger partial charge is 0.0195 e. The summed E-state index contributed by atoms with van der Waals surface area (Å²) in [4.78, 5) is 5.07. The van der Waals surface area contributed by atoms with Gasteiger partial charge in [0.05, 0.1) is 0 Å². The van der Waals surface area contributed by atoms with E-state index in [0.717, 1.165) is 12.1 Å². The van der Waals surface area contributed by atoms with Crippen LogP contribution in [-0.2, 0) is 0 Å². The van der Waals surface area contributed by atoms with Crippen molar-refractivity contribution in [3.63, 3.8) is 0 Å². The molecule has 1 fully saturated rings. The Morgan fingerprint density at radius 1 is 1.23 bits per heavy atom. The molecule has 78 valence electrons. The van der Waals surface area contributed by atoms with Crippen LogP contribution >= 0.6 is 11.8 Å². The van der Waals surface area contributed by atoms with Crippen LogP contribution in [0.4, 0.5) is 0 Å². The lowest BCUT2D eigenvalue weighted by molar-refractivity contribution is 0.0652. The largest absolute Gasteiger partial charge is 0.301 e. The van der Waals surface area contributed by atoms with Crippen LogP contribution in [0.3, 0.4) is 0 Å². The Balaban J connectivity index is 2.37. The molecule has 1 aliphatic rings. The van der Waals surface area contributed by atoms with E-state index in [4.69, 9.17) is 0 Å². The highest BCUT2D eigenvalue weighted by molar-refractivity contribution is 7.98. The first-order chi connectivity index (χ1) is 6.15. The van der Waals surface area contributed by atoms with Crippen LogP contribution in [0.25, 0.3) is 0 Å². The molecule has 2 unspecified atom stereocenters. The lowest BCUT2D eigenvalue weighted by atomic mass is 10.1. The fourth-order valence-corrected chi connectivity index (χ4v) is 2.31. The summed E-state index contributed by atoms with van der Waals surface area (Å²) in [6.07, 6.45) is 2.18. The van der Waals surface area contributed by atoms with E-state index in [-0.39, 0.29) is 0 Å². The van der Waals surface area contributed by atoms with Crippen molar-refractivity contribution in [1.29, 1.82) is 0 Å². The first-order valence-corrected chi connectivity index (χ1v) is 6.47. The SMILES string of the molecule is CSCCN1CC(C)N(C)CC1C. The number of piperazine rings is 1. The molecule has 1 heterocycles. The van der Waals surface area contributed by atoms with E-state index in [1.54, 1.807) is 0 Å². The van der Waals surface area contributed by atoms with E-state index in [2.05, 4.69) is 37.0 Å². The molecule has 0 N–H and O–H groups in total. The Kier molecular flexibility index (Phi) is 4.56. The summed E-state index contributed by atoms with van der Waals surface area (Å²) in [5, 5.41) is 0. The molecule has 0 aromatic rings. The molecule has 13 heavy (non-hydrogen) atoms. The van der Waals surface area contributed by atoms with E-state index >= 15 is 0 Å². The first-order valence-electron chi connectivity index (χ1n) is 5.08. The van der Waals surface area contributed by atoms with Gasteiger partial charge in [0.1, 0.15) is 0 Å². The molecule has 2 atom stereocenters. The Morgan fingerprint density at radius 3 is 2.54 bits per heavy atom. The van der Waals surface area contributed by atoms with Crippen LogP contribution < -0.4 is 0 Å². The minimum Gasteiger partial charge on any atom is -0.301 e. The van der Waals surface area contributed by atoms with Gasteiger partial charge in [0.25, 0.3) is 0 Å². The Bertz CT molecular complexity index is 152. The average molecular weight is 202 g/mol. The maximum absolute atomic E-state index is 2.61. The minimum atomic E-state index is 0.720. The summed E-state index contributed by atoms with van der Waals surface area (Å²) in [6, 6.07) is 1.45. The van der Waals surface area contributed by atoms with E-state index < -0.39 is 0 Å². The molecule has 0 bridgehead atoms. The van der Waals surface area contributed by atoms with Crippen molar-refractivity contribution in [2.75, 3.05) is 38.7 Å². The van der Waals surface area contributed by atoms with Crippen LogP contribution in [-0.4, -0.2) is 60.6 Å². The van der Waals surface area contributed by atoms with Crippen molar-refractivity contribution < 1.29 is 0 Å². The normalized spacial score (nSPS) is 32.3. The van der Waals surface area contributed by atoms with Gasteiger partial charge in [-0.25, -0.2) is 0 Å². The highest BCUT2D eigenvalue weighted by Gasteiger charge is 2.25.